The van der Waals surface area contributed by atoms with Crippen LogP contribution in [0.1, 0.15) is 16.7 Å². The minimum atomic E-state index is -0.510. The number of hydrogen-bond donors (Lipinski definition) is 1. The topological polar surface area (TPSA) is 81.5 Å². The lowest BCUT2D eigenvalue weighted by molar-refractivity contribution is -0.384. The highest BCUT2D eigenvalue weighted by Crippen LogP contribution is 2.30. The van der Waals surface area contributed by atoms with Crippen molar-refractivity contribution in [3.63, 3.8) is 0 Å². The van der Waals surface area contributed by atoms with E-state index in [2.05, 4.69) is 5.32 Å². The van der Waals surface area contributed by atoms with Crippen molar-refractivity contribution >= 4 is 17.3 Å². The molecule has 0 aromatic heterocycles. The number of carbonyl (C=O) groups excluding carboxylic acids is 1. The molecule has 0 spiro atoms. The fourth-order valence-electron chi connectivity index (χ4n) is 2.14. The summed E-state index contributed by atoms with van der Waals surface area (Å²) >= 11 is 0. The Balaban J connectivity index is 2.11. The molecule has 0 heterocycles. The summed E-state index contributed by atoms with van der Waals surface area (Å²) in [6.07, 6.45) is 0. The molecule has 1 N–H and O–H groups in total. The molecule has 0 atom stereocenters. The number of nitrogens with one attached hydrogen (secondary N) is 1. The summed E-state index contributed by atoms with van der Waals surface area (Å²) in [6.45, 7) is 5.28. The molecule has 0 saturated carbocycles. The molecule has 0 fully saturated rings. The number of ether oxygens (including phenoxy) is 1. The van der Waals surface area contributed by atoms with Crippen molar-refractivity contribution in [1.29, 1.82) is 0 Å². The van der Waals surface area contributed by atoms with E-state index in [9.17, 15) is 14.9 Å². The summed E-state index contributed by atoms with van der Waals surface area (Å²) in [5.74, 6) is 0.138. The summed E-state index contributed by atoms with van der Waals surface area (Å²) in [5, 5.41) is 13.7. The standard InChI is InChI=1S/C17H18N2O4/c1-11-5-4-6-14(9-11)23-10-16(20)18-17-13(3)12(2)7-8-15(17)19(21)22/h4-9H,10H2,1-3H3,(H,18,20). The number of benzene rings is 2. The van der Waals surface area contributed by atoms with Crippen molar-refractivity contribution in [3.8, 4) is 5.75 Å². The van der Waals surface area contributed by atoms with E-state index in [0.717, 1.165) is 11.1 Å². The van der Waals surface area contributed by atoms with Crippen molar-refractivity contribution < 1.29 is 14.5 Å². The molecule has 2 rings (SSSR count). The van der Waals surface area contributed by atoms with E-state index < -0.39 is 10.8 Å². The van der Waals surface area contributed by atoms with Gasteiger partial charge >= 0.3 is 0 Å². The number of hydrogen-bond acceptors (Lipinski definition) is 4. The van der Waals surface area contributed by atoms with Gasteiger partial charge in [-0.15, -0.1) is 0 Å². The van der Waals surface area contributed by atoms with Crippen LogP contribution in [0.3, 0.4) is 0 Å². The van der Waals surface area contributed by atoms with Crippen LogP contribution in [0.25, 0.3) is 0 Å². The van der Waals surface area contributed by atoms with Gasteiger partial charge in [0, 0.05) is 6.07 Å². The molecular weight excluding hydrogens is 296 g/mol. The molecule has 2 aromatic rings. The lowest BCUT2D eigenvalue weighted by Crippen LogP contribution is -2.21. The van der Waals surface area contributed by atoms with Crippen LogP contribution >= 0.6 is 0 Å². The van der Waals surface area contributed by atoms with E-state index in [0.29, 0.717) is 11.3 Å². The Hall–Kier alpha value is -2.89. The minimum Gasteiger partial charge on any atom is -0.484 e. The highest BCUT2D eigenvalue weighted by atomic mass is 16.6. The van der Waals surface area contributed by atoms with Crippen LogP contribution in [0.5, 0.6) is 5.75 Å². The van der Waals surface area contributed by atoms with Gasteiger partial charge in [-0.3, -0.25) is 14.9 Å². The van der Waals surface area contributed by atoms with E-state index in [1.54, 1.807) is 19.1 Å². The number of rotatable bonds is 5. The van der Waals surface area contributed by atoms with Gasteiger partial charge in [-0.05, 0) is 49.6 Å². The average Bonchev–Trinajstić information content (AvgIpc) is 2.50. The Kier molecular flexibility index (Phi) is 4.95. The predicted octanol–water partition coefficient (Wildman–Crippen LogP) is 3.54. The van der Waals surface area contributed by atoms with Crippen molar-refractivity contribution in [2.45, 2.75) is 20.8 Å². The first-order valence-electron chi connectivity index (χ1n) is 7.12. The third kappa shape index (κ3) is 4.06. The second-order valence-electron chi connectivity index (χ2n) is 5.31. The quantitative estimate of drug-likeness (QED) is 0.676. The summed E-state index contributed by atoms with van der Waals surface area (Å²) in [7, 11) is 0. The number of nitrogens with zero attached hydrogens (tertiary/aromatic N) is 1. The lowest BCUT2D eigenvalue weighted by atomic mass is 10.1. The summed E-state index contributed by atoms with van der Waals surface area (Å²) < 4.78 is 5.41. The molecular formula is C17H18N2O4. The maximum absolute atomic E-state index is 12.1. The van der Waals surface area contributed by atoms with Crippen LogP contribution in [-0.4, -0.2) is 17.4 Å². The van der Waals surface area contributed by atoms with Crippen molar-refractivity contribution in [3.05, 3.63) is 63.2 Å². The van der Waals surface area contributed by atoms with Gasteiger partial charge in [0.2, 0.25) is 0 Å². The van der Waals surface area contributed by atoms with Crippen LogP contribution in [0.15, 0.2) is 36.4 Å². The molecule has 0 aliphatic heterocycles. The second kappa shape index (κ2) is 6.91. The molecule has 0 radical (unpaired) electrons. The summed E-state index contributed by atoms with van der Waals surface area (Å²) in [5.41, 5.74) is 2.64. The van der Waals surface area contributed by atoms with Gasteiger partial charge in [-0.1, -0.05) is 18.2 Å². The third-order valence-electron chi connectivity index (χ3n) is 3.53. The second-order valence-corrected chi connectivity index (χ2v) is 5.31. The Morgan fingerprint density at radius 3 is 2.61 bits per heavy atom. The zero-order chi connectivity index (χ0) is 17.0. The lowest BCUT2D eigenvalue weighted by Gasteiger charge is -2.12. The zero-order valence-corrected chi connectivity index (χ0v) is 13.3. The molecule has 23 heavy (non-hydrogen) atoms. The largest absolute Gasteiger partial charge is 0.484 e. The van der Waals surface area contributed by atoms with Gasteiger partial charge in [0.25, 0.3) is 11.6 Å². The van der Waals surface area contributed by atoms with Crippen LogP contribution in [0.2, 0.25) is 0 Å². The molecule has 6 nitrogen and oxygen atoms in total. The van der Waals surface area contributed by atoms with E-state index in [1.807, 2.05) is 32.0 Å². The maximum atomic E-state index is 12.1. The Labute approximate surface area is 134 Å². The third-order valence-corrected chi connectivity index (χ3v) is 3.53. The first-order valence-corrected chi connectivity index (χ1v) is 7.12. The predicted molar refractivity (Wildman–Crippen MR) is 87.9 cm³/mol. The van der Waals surface area contributed by atoms with Crippen LogP contribution in [0.4, 0.5) is 11.4 Å². The first-order chi connectivity index (χ1) is 10.9. The Morgan fingerprint density at radius 2 is 1.96 bits per heavy atom. The number of nitro benzene ring substituents is 1. The summed E-state index contributed by atoms with van der Waals surface area (Å²) in [6, 6.07) is 10.4. The maximum Gasteiger partial charge on any atom is 0.293 e. The van der Waals surface area contributed by atoms with E-state index in [-0.39, 0.29) is 18.0 Å². The number of aryl methyl sites for hydroxylation is 2. The smallest absolute Gasteiger partial charge is 0.293 e. The molecule has 2 aromatic carbocycles. The molecule has 0 aliphatic carbocycles. The van der Waals surface area contributed by atoms with E-state index in [4.69, 9.17) is 4.74 Å². The monoisotopic (exact) mass is 314 g/mol. The number of amides is 1. The fourth-order valence-corrected chi connectivity index (χ4v) is 2.14. The zero-order valence-electron chi connectivity index (χ0n) is 13.3. The molecule has 1 amide bonds. The van der Waals surface area contributed by atoms with E-state index >= 15 is 0 Å². The van der Waals surface area contributed by atoms with Gasteiger partial charge in [-0.2, -0.15) is 0 Å². The Morgan fingerprint density at radius 1 is 1.22 bits per heavy atom. The van der Waals surface area contributed by atoms with E-state index in [1.165, 1.54) is 6.07 Å². The van der Waals surface area contributed by atoms with Gasteiger partial charge in [-0.25, -0.2) is 0 Å². The van der Waals surface area contributed by atoms with Crippen molar-refractivity contribution in [1.82, 2.24) is 0 Å². The molecule has 0 saturated heterocycles. The van der Waals surface area contributed by atoms with Crippen molar-refractivity contribution in [2.24, 2.45) is 0 Å². The molecule has 0 bridgehead atoms. The van der Waals surface area contributed by atoms with Crippen LogP contribution in [0, 0.1) is 30.9 Å². The van der Waals surface area contributed by atoms with Gasteiger partial charge in [0.15, 0.2) is 6.61 Å². The first kappa shape index (κ1) is 16.5. The number of anilines is 1. The van der Waals surface area contributed by atoms with Gasteiger partial charge in [0.1, 0.15) is 11.4 Å². The highest BCUT2D eigenvalue weighted by molar-refractivity contribution is 5.95. The normalized spacial score (nSPS) is 10.2. The fraction of sp³-hybridized carbons (Fsp3) is 0.235. The number of carbonyl (C=O) groups is 1. The molecule has 120 valence electrons. The van der Waals surface area contributed by atoms with Crippen LogP contribution in [-0.2, 0) is 4.79 Å². The number of nitro groups is 1. The average molecular weight is 314 g/mol. The van der Waals surface area contributed by atoms with Gasteiger partial charge in [0.05, 0.1) is 4.92 Å². The Bertz CT molecular complexity index is 756. The van der Waals surface area contributed by atoms with Crippen LogP contribution < -0.4 is 10.1 Å². The summed E-state index contributed by atoms with van der Waals surface area (Å²) in [4.78, 5) is 22.6. The highest BCUT2D eigenvalue weighted by Gasteiger charge is 2.19. The SMILES string of the molecule is Cc1cccc(OCC(=O)Nc2c([N+](=O)[O-])ccc(C)c2C)c1. The minimum absolute atomic E-state index is 0.128. The van der Waals surface area contributed by atoms with Gasteiger partial charge < -0.3 is 10.1 Å². The van der Waals surface area contributed by atoms with Crippen molar-refractivity contribution in [2.75, 3.05) is 11.9 Å². The molecule has 0 unspecified atom stereocenters. The molecule has 0 aliphatic rings. The molecule has 6 heteroatoms.